The van der Waals surface area contributed by atoms with Crippen LogP contribution in [0.1, 0.15) is 249 Å². The van der Waals surface area contributed by atoms with Crippen molar-refractivity contribution in [1.82, 2.24) is 0 Å². The van der Waals surface area contributed by atoms with Crippen LogP contribution < -0.4 is 170 Å². The van der Waals surface area contributed by atoms with Gasteiger partial charge in [-0.1, -0.05) is 395 Å². The quantitative estimate of drug-likeness (QED) is 0.216. The second kappa shape index (κ2) is 24.5. The summed E-state index contributed by atoms with van der Waals surface area (Å²) in [7, 11) is -17.1. The van der Waals surface area contributed by atoms with Crippen LogP contribution in [-0.4, -0.2) is 69.0 Å². The molecule has 0 fully saturated rings. The second-order valence-corrected chi connectivity index (χ2v) is 104. The molecule has 1 aromatic rings. The topological polar surface area (TPSA) is 0 Å². The maximum absolute atomic E-state index is 3.17. The zero-order chi connectivity index (χ0) is 56.6. The Bertz CT molecular complexity index is 1500. The van der Waals surface area contributed by atoms with Crippen LogP contribution in [0, 0.1) is 0 Å². The Labute approximate surface area is 595 Å². The fraction of sp³-hybridized carbons (Fsp3) is 0.900. The van der Waals surface area contributed by atoms with E-state index < -0.39 is 69.0 Å². The summed E-state index contributed by atoms with van der Waals surface area (Å²) in [5, 5.41) is 8.46. The maximum Gasteiger partial charge on any atom is 1.00 e. The first-order valence-electron chi connectivity index (χ1n) is 28.0. The zero-order valence-electron chi connectivity index (χ0n) is 58.7. The van der Waals surface area contributed by atoms with Gasteiger partial charge in [0.25, 0.3) is 0 Å². The van der Waals surface area contributed by atoms with E-state index in [2.05, 4.69) is 307 Å². The van der Waals surface area contributed by atoms with Crippen LogP contribution in [0.2, 0.25) is 99.7 Å². The minimum atomic E-state index is -2.24. The zero-order valence-corrected chi connectivity index (χ0v) is 77.1. The van der Waals surface area contributed by atoms with Crippen molar-refractivity contribution in [2.75, 3.05) is 0 Å². The van der Waals surface area contributed by atoms with Gasteiger partial charge in [-0.3, -0.25) is 23.5 Å². The molecule has 1 aromatic carbocycles. The molecule has 0 amide bonds. The van der Waals surface area contributed by atoms with Crippen molar-refractivity contribution in [2.45, 2.75) is 349 Å². The summed E-state index contributed by atoms with van der Waals surface area (Å²) in [5.74, 6) is 0. The van der Waals surface area contributed by atoms with Crippen molar-refractivity contribution in [3.63, 3.8) is 0 Å². The van der Waals surface area contributed by atoms with Crippen molar-refractivity contribution < 1.29 is 154 Å². The van der Waals surface area contributed by atoms with Crippen molar-refractivity contribution >= 4 is 84.6 Å². The van der Waals surface area contributed by atoms with Gasteiger partial charge in [-0.05, 0) is 0 Å². The van der Waals surface area contributed by atoms with Crippen LogP contribution in [0.15, 0.2) is 18.2 Å². The fourth-order valence-electron chi connectivity index (χ4n) is 15.5. The van der Waals surface area contributed by atoms with Gasteiger partial charge in [-0.2, -0.15) is 0 Å². The van der Waals surface area contributed by atoms with Gasteiger partial charge in [0.05, 0.1) is 0 Å². The molecule has 0 aliphatic rings. The van der Waals surface area contributed by atoms with E-state index in [0.29, 0.717) is 0 Å². The van der Waals surface area contributed by atoms with Crippen LogP contribution in [-0.2, 0) is 0 Å². The molecule has 0 atom stereocenters. The first-order valence-corrected chi connectivity index (χ1v) is 53.5. The van der Waals surface area contributed by atoms with E-state index >= 15 is 0 Å². The molecule has 0 aliphatic carbocycles. The average Bonchev–Trinajstić information content (AvgIpc) is 3.01. The van der Waals surface area contributed by atoms with Crippen molar-refractivity contribution in [2.24, 2.45) is 0 Å². The molecule has 0 spiro atoms. The van der Waals surface area contributed by atoms with Gasteiger partial charge in [-0.15, -0.1) is 18.2 Å². The van der Waals surface area contributed by atoms with Gasteiger partial charge in [0.2, 0.25) is 0 Å². The van der Waals surface area contributed by atoms with E-state index in [1.807, 2.05) is 15.6 Å². The minimum absolute atomic E-state index is 0. The van der Waals surface area contributed by atoms with E-state index in [4.69, 9.17) is 0 Å². The Kier molecular flexibility index (Phi) is 27.9. The molecule has 1 rings (SSSR count). The number of benzene rings is 1. The van der Waals surface area contributed by atoms with Crippen LogP contribution in [0.5, 0.6) is 0 Å². The van der Waals surface area contributed by atoms with Gasteiger partial charge in [0.15, 0.2) is 0 Å². The van der Waals surface area contributed by atoms with E-state index in [-0.39, 0.29) is 215 Å². The molecule has 0 heterocycles. The normalized spacial score (nSPS) is 15.6. The molecule has 0 saturated heterocycles. The number of hydrogen-bond donors (Lipinski definition) is 0. The first kappa shape index (κ1) is 82.3. The van der Waals surface area contributed by atoms with E-state index in [0.717, 1.165) is 0 Å². The van der Waals surface area contributed by atoms with E-state index in [9.17, 15) is 0 Å². The van der Waals surface area contributed by atoms with Gasteiger partial charge < -0.3 is 0 Å². The Balaban J connectivity index is -0.0000159. The predicted molar refractivity (Wildman–Crippen MR) is 349 cm³/mol. The van der Waals surface area contributed by atoms with Gasteiger partial charge in [0.1, 0.15) is 0 Å². The Morgan fingerprint density at radius 1 is 0.194 bits per heavy atom. The third-order valence-electron chi connectivity index (χ3n) is 22.8. The summed E-state index contributed by atoms with van der Waals surface area (Å²) in [6.45, 7) is 116. The molecule has 0 N–H and O–H groups in total. The van der Waals surface area contributed by atoms with Crippen molar-refractivity contribution in [1.29, 1.82) is 0 Å². The molecule has 72 heavy (non-hydrogen) atoms. The van der Waals surface area contributed by atoms with Gasteiger partial charge in [0, 0.05) is 0 Å². The Morgan fingerprint density at radius 2 is 0.264 bits per heavy atom. The molecule has 0 bridgehead atoms. The average molecular weight is 1220 g/mol. The first-order chi connectivity index (χ1) is 29.2. The molecule has 0 saturated carbocycles. The Hall–Kier alpha value is 6.08. The third kappa shape index (κ3) is 14.2. The molecule has 12 heteroatoms. The van der Waals surface area contributed by atoms with Crippen molar-refractivity contribution in [3.05, 3.63) is 18.2 Å². The molecular weight excluding hydrogens is 1090 g/mol. The molecule has 0 unspecified atom stereocenters. The van der Waals surface area contributed by atoms with Crippen LogP contribution >= 0.6 is 0 Å². The summed E-state index contributed by atoms with van der Waals surface area (Å²) >= 11 is 0. The molecule has 0 nitrogen and oxygen atoms in total. The summed E-state index contributed by atoms with van der Waals surface area (Å²) in [6.07, 6.45) is 0. The van der Waals surface area contributed by atoms with Crippen LogP contribution in [0.4, 0.5) is 0 Å². The fourth-order valence-corrected chi connectivity index (χ4v) is 163. The molecule has 0 aromatic heterocycles. The predicted octanol–water partition coefficient (Wildman–Crippen LogP) is 11.3. The molecule has 408 valence electrons. The molecular formula is C60H129K3Si9. The van der Waals surface area contributed by atoms with E-state index in [1.54, 1.807) is 0 Å². The van der Waals surface area contributed by atoms with Gasteiger partial charge >= 0.3 is 154 Å². The SMILES string of the molecule is CC(C)(C)[Si](C)([Si-](c1cc([Si-]([Si](C)(C(C)(C)C)C(C)(C)C)[Si](C)(C(C)(C)C)C(C)(C)C)cc([Si-]([Si](C)(C(C)(C)C)C(C)(C)C)[Si](C)(C(C)(C)C)C(C)(C)C)c1)[Si](C)(C(C)(C)C)C(C)(C)C)C(C)(C)C.[K+].[K+].[K+]. The van der Waals surface area contributed by atoms with Crippen molar-refractivity contribution in [3.8, 4) is 0 Å². The summed E-state index contributed by atoms with van der Waals surface area (Å²) < 4.78 is 0. The van der Waals surface area contributed by atoms with E-state index in [1.165, 1.54) is 0 Å². The summed E-state index contributed by atoms with van der Waals surface area (Å²) in [5.41, 5.74) is 0. The monoisotopic (exact) mass is 1220 g/mol. The van der Waals surface area contributed by atoms with Crippen LogP contribution in [0.25, 0.3) is 0 Å². The minimum Gasteiger partial charge on any atom is -0.278 e. The molecule has 0 aliphatic heterocycles. The Morgan fingerprint density at radius 3 is 0.319 bits per heavy atom. The smallest absolute Gasteiger partial charge is 0.278 e. The van der Waals surface area contributed by atoms with Gasteiger partial charge in [-0.25, -0.2) is 15.6 Å². The number of rotatable bonds is 9. The largest absolute Gasteiger partial charge is 1.00 e. The third-order valence-corrected chi connectivity index (χ3v) is 145. The number of hydrogen-bond acceptors (Lipinski definition) is 0. The summed E-state index contributed by atoms with van der Waals surface area (Å²) in [4.78, 5) is 0. The maximum atomic E-state index is 3.17. The second-order valence-electron chi connectivity index (χ2n) is 36.7. The van der Waals surface area contributed by atoms with Crippen LogP contribution in [0.3, 0.4) is 0 Å². The molecule has 0 radical (unpaired) electrons. The summed E-state index contributed by atoms with van der Waals surface area (Å²) in [6, 6.07) is 9.51. The standard InChI is InChI=1S/C60H129Si9.3K/c1-49(2,3)64(37,50(4,5)6)61(65(38,51(7,8)9)52(10,11)12)46-43-47(62(66(39,53(13,14)15)54(16,17)18)67(40,55(19,20)21)56(22,23)24)45-48(44-46)63(68(41,57(25,26)27)58(28,29)30)69(42,59(31,32)33)60(34,35)36;;;/h43-45H,1-42H3;;;/q-3;3*+1.